The molecular formula is C15H10FN3O3S2. The standard InChI is InChI=1S/C15H10FN3O3S2/c16-9-5-6-10(12(7-9)19(21)22)17-14(20)8-23-15-18-11-3-1-2-4-13(11)24-15/h1-7H,8H2,(H,17,20). The van der Waals surface area contributed by atoms with Gasteiger partial charge in [-0.25, -0.2) is 9.37 Å². The monoisotopic (exact) mass is 363 g/mol. The predicted molar refractivity (Wildman–Crippen MR) is 92.0 cm³/mol. The van der Waals surface area contributed by atoms with Crippen molar-refractivity contribution in [3.8, 4) is 0 Å². The van der Waals surface area contributed by atoms with Crippen LogP contribution in [0.1, 0.15) is 0 Å². The van der Waals surface area contributed by atoms with Gasteiger partial charge in [-0.1, -0.05) is 23.9 Å². The number of halogens is 1. The largest absolute Gasteiger partial charge is 0.320 e. The number of carbonyl (C=O) groups excluding carboxylic acids is 1. The molecule has 9 heteroatoms. The second-order valence-corrected chi connectivity index (χ2v) is 6.96. The van der Waals surface area contributed by atoms with Gasteiger partial charge < -0.3 is 5.32 Å². The van der Waals surface area contributed by atoms with Crippen LogP contribution in [-0.2, 0) is 4.79 Å². The summed E-state index contributed by atoms with van der Waals surface area (Å²) in [5.74, 6) is -1.11. The number of para-hydroxylation sites is 1. The molecular weight excluding hydrogens is 353 g/mol. The number of carbonyl (C=O) groups is 1. The van der Waals surface area contributed by atoms with Gasteiger partial charge in [-0.2, -0.15) is 0 Å². The van der Waals surface area contributed by atoms with Gasteiger partial charge >= 0.3 is 0 Å². The number of nitrogens with zero attached hydrogens (tertiary/aromatic N) is 2. The average molecular weight is 363 g/mol. The van der Waals surface area contributed by atoms with E-state index in [-0.39, 0.29) is 11.4 Å². The van der Waals surface area contributed by atoms with Gasteiger partial charge in [0.2, 0.25) is 5.91 Å². The number of thiazole rings is 1. The van der Waals surface area contributed by atoms with E-state index < -0.39 is 22.3 Å². The molecule has 0 saturated heterocycles. The number of nitro benzene ring substituents is 1. The van der Waals surface area contributed by atoms with Crippen LogP contribution < -0.4 is 5.32 Å². The lowest BCUT2D eigenvalue weighted by molar-refractivity contribution is -0.384. The highest BCUT2D eigenvalue weighted by atomic mass is 32.2. The number of hydrogen-bond acceptors (Lipinski definition) is 6. The number of anilines is 1. The van der Waals surface area contributed by atoms with Gasteiger partial charge in [0.1, 0.15) is 11.5 Å². The van der Waals surface area contributed by atoms with Gasteiger partial charge in [0.05, 0.1) is 27.0 Å². The molecule has 0 aliphatic carbocycles. The van der Waals surface area contributed by atoms with Crippen LogP contribution in [0.2, 0.25) is 0 Å². The maximum absolute atomic E-state index is 13.1. The minimum Gasteiger partial charge on any atom is -0.320 e. The van der Waals surface area contributed by atoms with Gasteiger partial charge in [-0.05, 0) is 24.3 Å². The summed E-state index contributed by atoms with van der Waals surface area (Å²) in [6.45, 7) is 0. The SMILES string of the molecule is O=C(CSc1nc2ccccc2s1)Nc1ccc(F)cc1[N+](=O)[O-]. The first-order valence-corrected chi connectivity index (χ1v) is 8.55. The number of rotatable bonds is 5. The molecule has 0 atom stereocenters. The lowest BCUT2D eigenvalue weighted by Crippen LogP contribution is -2.15. The molecule has 6 nitrogen and oxygen atoms in total. The molecule has 2 aromatic carbocycles. The summed E-state index contributed by atoms with van der Waals surface area (Å²) in [5.41, 5.74) is 0.351. The van der Waals surface area contributed by atoms with E-state index in [9.17, 15) is 19.3 Å². The van der Waals surface area contributed by atoms with Crippen molar-refractivity contribution in [3.63, 3.8) is 0 Å². The second-order valence-electron chi connectivity index (χ2n) is 4.70. The molecule has 1 amide bonds. The first kappa shape index (κ1) is 16.3. The van der Waals surface area contributed by atoms with Crippen LogP contribution in [0.5, 0.6) is 0 Å². The molecule has 24 heavy (non-hydrogen) atoms. The van der Waals surface area contributed by atoms with Crippen molar-refractivity contribution < 1.29 is 14.1 Å². The summed E-state index contributed by atoms with van der Waals surface area (Å²) in [7, 11) is 0. The Bertz CT molecular complexity index is 896. The number of benzene rings is 2. The van der Waals surface area contributed by atoms with Crippen LogP contribution in [0, 0.1) is 15.9 Å². The smallest absolute Gasteiger partial charge is 0.295 e. The van der Waals surface area contributed by atoms with E-state index >= 15 is 0 Å². The first-order chi connectivity index (χ1) is 11.5. The van der Waals surface area contributed by atoms with E-state index in [2.05, 4.69) is 10.3 Å². The van der Waals surface area contributed by atoms with Crippen LogP contribution >= 0.6 is 23.1 Å². The molecule has 0 radical (unpaired) electrons. The number of aromatic nitrogens is 1. The van der Waals surface area contributed by atoms with Crippen molar-refractivity contribution in [2.24, 2.45) is 0 Å². The third kappa shape index (κ3) is 3.69. The summed E-state index contributed by atoms with van der Waals surface area (Å²) in [5, 5.41) is 13.3. The molecule has 0 fully saturated rings. The molecule has 0 aliphatic heterocycles. The van der Waals surface area contributed by atoms with E-state index in [0.29, 0.717) is 0 Å². The molecule has 1 N–H and O–H groups in total. The lowest BCUT2D eigenvalue weighted by Gasteiger charge is -2.05. The van der Waals surface area contributed by atoms with Crippen molar-refractivity contribution in [1.29, 1.82) is 0 Å². The summed E-state index contributed by atoms with van der Waals surface area (Å²) < 4.78 is 14.8. The van der Waals surface area contributed by atoms with Gasteiger partial charge in [0, 0.05) is 0 Å². The third-order valence-electron chi connectivity index (χ3n) is 3.03. The normalized spacial score (nSPS) is 10.7. The zero-order valence-electron chi connectivity index (χ0n) is 12.1. The fourth-order valence-corrected chi connectivity index (χ4v) is 3.86. The number of thioether (sulfide) groups is 1. The van der Waals surface area contributed by atoms with Crippen molar-refractivity contribution >= 4 is 50.6 Å². The molecule has 3 rings (SSSR count). The fraction of sp³-hybridized carbons (Fsp3) is 0.0667. The Morgan fingerprint density at radius 2 is 2.12 bits per heavy atom. The maximum Gasteiger partial charge on any atom is 0.295 e. The molecule has 3 aromatic rings. The zero-order valence-corrected chi connectivity index (χ0v) is 13.7. The molecule has 122 valence electrons. The van der Waals surface area contributed by atoms with E-state index in [1.54, 1.807) is 0 Å². The Balaban J connectivity index is 1.66. The Kier molecular flexibility index (Phi) is 4.72. The Morgan fingerprint density at radius 3 is 2.88 bits per heavy atom. The topological polar surface area (TPSA) is 85.1 Å². The van der Waals surface area contributed by atoms with Crippen LogP contribution in [-0.4, -0.2) is 21.6 Å². The molecule has 0 bridgehead atoms. The van der Waals surface area contributed by atoms with Gasteiger partial charge in [0.25, 0.3) is 5.69 Å². The van der Waals surface area contributed by atoms with Crippen molar-refractivity contribution in [3.05, 3.63) is 58.4 Å². The Hall–Kier alpha value is -2.52. The molecule has 0 spiro atoms. The predicted octanol–water partition coefficient (Wildman–Crippen LogP) is 4.07. The molecule has 1 aromatic heterocycles. The van der Waals surface area contributed by atoms with E-state index in [1.807, 2.05) is 24.3 Å². The number of fused-ring (bicyclic) bond motifs is 1. The Morgan fingerprint density at radius 1 is 1.33 bits per heavy atom. The van der Waals surface area contributed by atoms with Crippen molar-refractivity contribution in [2.75, 3.05) is 11.1 Å². The van der Waals surface area contributed by atoms with Gasteiger partial charge in [0.15, 0.2) is 4.34 Å². The van der Waals surface area contributed by atoms with E-state index in [0.717, 1.165) is 26.7 Å². The molecule has 0 unspecified atom stereocenters. The second kappa shape index (κ2) is 6.93. The van der Waals surface area contributed by atoms with Crippen molar-refractivity contribution in [2.45, 2.75) is 4.34 Å². The number of hydrogen-bond donors (Lipinski definition) is 1. The van der Waals surface area contributed by atoms with E-state index in [1.165, 1.54) is 29.2 Å². The molecule has 0 saturated carbocycles. The summed E-state index contributed by atoms with van der Waals surface area (Å²) in [6, 6.07) is 10.6. The van der Waals surface area contributed by atoms with Crippen LogP contribution in [0.25, 0.3) is 10.2 Å². The first-order valence-electron chi connectivity index (χ1n) is 6.75. The maximum atomic E-state index is 13.1. The fourth-order valence-electron chi connectivity index (χ4n) is 1.99. The number of amides is 1. The average Bonchev–Trinajstić information content (AvgIpc) is 2.97. The molecule has 0 aliphatic rings. The lowest BCUT2D eigenvalue weighted by atomic mass is 10.2. The Labute approximate surface area is 143 Å². The number of nitrogens with one attached hydrogen (secondary N) is 1. The third-order valence-corrected chi connectivity index (χ3v) is 5.21. The van der Waals surface area contributed by atoms with E-state index in [4.69, 9.17) is 0 Å². The van der Waals surface area contributed by atoms with Gasteiger partial charge in [-0.15, -0.1) is 11.3 Å². The van der Waals surface area contributed by atoms with Crippen molar-refractivity contribution in [1.82, 2.24) is 4.98 Å². The molecule has 1 heterocycles. The highest BCUT2D eigenvalue weighted by Gasteiger charge is 2.17. The minimum atomic E-state index is -0.737. The summed E-state index contributed by atoms with van der Waals surface area (Å²) >= 11 is 2.71. The minimum absolute atomic E-state index is 0.0312. The van der Waals surface area contributed by atoms with Gasteiger partial charge in [-0.3, -0.25) is 14.9 Å². The van der Waals surface area contributed by atoms with Crippen LogP contribution in [0.4, 0.5) is 15.8 Å². The highest BCUT2D eigenvalue weighted by Crippen LogP contribution is 2.30. The van der Waals surface area contributed by atoms with Crippen LogP contribution in [0.15, 0.2) is 46.8 Å². The highest BCUT2D eigenvalue weighted by molar-refractivity contribution is 8.01. The quantitative estimate of drug-likeness (QED) is 0.419. The zero-order chi connectivity index (χ0) is 17.1. The summed E-state index contributed by atoms with van der Waals surface area (Å²) in [6.07, 6.45) is 0. The summed E-state index contributed by atoms with van der Waals surface area (Å²) in [4.78, 5) is 26.6. The number of nitro groups is 1. The van der Waals surface area contributed by atoms with Crippen LogP contribution in [0.3, 0.4) is 0 Å².